The van der Waals surface area contributed by atoms with E-state index in [-0.39, 0.29) is 36.0 Å². The topological polar surface area (TPSA) is 85.0 Å². The van der Waals surface area contributed by atoms with Crippen molar-refractivity contribution in [3.63, 3.8) is 0 Å². The molecule has 0 spiro atoms. The first kappa shape index (κ1) is 31.0. The number of benzene rings is 1. The number of hydrogen-bond donors (Lipinski definition) is 2. The summed E-state index contributed by atoms with van der Waals surface area (Å²) in [6, 6.07) is 9.26. The number of hydrogen-bond acceptors (Lipinski definition) is 3. The minimum absolute atomic E-state index is 0.0103. The van der Waals surface area contributed by atoms with Crippen LogP contribution in [0.25, 0.3) is 0 Å². The van der Waals surface area contributed by atoms with Crippen molar-refractivity contribution in [1.29, 1.82) is 0 Å². The first-order chi connectivity index (χ1) is 19.2. The molecule has 3 rings (SSSR count). The van der Waals surface area contributed by atoms with Crippen LogP contribution >= 0.6 is 0 Å². The first-order valence-electron chi connectivity index (χ1n) is 14.6. The van der Waals surface area contributed by atoms with Crippen molar-refractivity contribution < 1.29 is 14.4 Å². The second kappa shape index (κ2) is 14.7. The highest BCUT2D eigenvalue weighted by Gasteiger charge is 2.35. The summed E-state index contributed by atoms with van der Waals surface area (Å²) in [5.74, 6) is 0.246. The van der Waals surface area contributed by atoms with Crippen molar-refractivity contribution in [2.24, 2.45) is 0 Å². The molecule has 2 heterocycles. The predicted molar refractivity (Wildman–Crippen MR) is 161 cm³/mol. The van der Waals surface area contributed by atoms with Gasteiger partial charge in [0.2, 0.25) is 5.91 Å². The SMILES string of the molecule is C=C(NC(=O)N(C(C)/C=C\C)C1CCN(C(=O)N[C@@H]2CC[C@@H](c3ccccc3)CN(CC)C2=O)CC1)/C(C)=C\C. The Balaban J connectivity index is 1.62. The molecule has 1 aromatic carbocycles. The summed E-state index contributed by atoms with van der Waals surface area (Å²) >= 11 is 0. The number of nitrogens with one attached hydrogen (secondary N) is 2. The molecule has 8 heteroatoms. The van der Waals surface area contributed by atoms with Gasteiger partial charge < -0.3 is 25.3 Å². The van der Waals surface area contributed by atoms with E-state index in [0.717, 1.165) is 12.0 Å². The fraction of sp³-hybridized carbons (Fsp3) is 0.531. The van der Waals surface area contributed by atoms with E-state index in [4.69, 9.17) is 0 Å². The highest BCUT2D eigenvalue weighted by molar-refractivity contribution is 5.87. The summed E-state index contributed by atoms with van der Waals surface area (Å²) in [5, 5.41) is 5.99. The van der Waals surface area contributed by atoms with E-state index < -0.39 is 6.04 Å². The van der Waals surface area contributed by atoms with E-state index in [1.165, 1.54) is 5.56 Å². The second-order valence-electron chi connectivity index (χ2n) is 10.8. The lowest BCUT2D eigenvalue weighted by Crippen LogP contribution is -2.57. The van der Waals surface area contributed by atoms with E-state index in [2.05, 4.69) is 29.3 Å². The van der Waals surface area contributed by atoms with Gasteiger partial charge in [0, 0.05) is 49.9 Å². The standard InChI is InChI=1S/C32H47N5O3/c1-7-13-24(5)37(32(40)33-25(6)23(4)8-2)28-18-20-36(21-19-28)31(39)34-29-17-16-27(22-35(9-3)30(29)38)26-14-11-10-12-15-26/h7-8,10-15,24,27-29H,6,9,16-22H2,1-5H3,(H,33,40)(H,34,39)/b13-7-,23-8-/t24?,27-,29-/m1/s1. The van der Waals surface area contributed by atoms with Crippen LogP contribution in [0.4, 0.5) is 9.59 Å². The van der Waals surface area contributed by atoms with Gasteiger partial charge in [0.15, 0.2) is 0 Å². The molecular weight excluding hydrogens is 502 g/mol. The number of allylic oxidation sites excluding steroid dienone is 3. The highest BCUT2D eigenvalue weighted by atomic mass is 16.2. The second-order valence-corrected chi connectivity index (χ2v) is 10.8. The van der Waals surface area contributed by atoms with Crippen molar-refractivity contribution in [1.82, 2.24) is 25.3 Å². The van der Waals surface area contributed by atoms with E-state index >= 15 is 0 Å². The third-order valence-corrected chi connectivity index (χ3v) is 8.26. The number of amides is 5. The Hall–Kier alpha value is -3.55. The molecule has 2 fully saturated rings. The van der Waals surface area contributed by atoms with Crippen molar-refractivity contribution in [3.05, 3.63) is 72.0 Å². The lowest BCUT2D eigenvalue weighted by molar-refractivity contribution is -0.132. The zero-order valence-corrected chi connectivity index (χ0v) is 24.9. The van der Waals surface area contributed by atoms with Crippen LogP contribution in [-0.4, -0.2) is 77.0 Å². The van der Waals surface area contributed by atoms with Gasteiger partial charge in [-0.15, -0.1) is 0 Å². The van der Waals surface area contributed by atoms with Crippen LogP contribution in [0, 0.1) is 0 Å². The van der Waals surface area contributed by atoms with Crippen LogP contribution in [0.2, 0.25) is 0 Å². The van der Waals surface area contributed by atoms with Crippen LogP contribution in [0.3, 0.4) is 0 Å². The molecule has 218 valence electrons. The molecule has 2 aliphatic rings. The molecule has 8 nitrogen and oxygen atoms in total. The summed E-state index contributed by atoms with van der Waals surface area (Å²) in [5.41, 5.74) is 2.74. The number of piperidine rings is 1. The molecule has 0 aromatic heterocycles. The van der Waals surface area contributed by atoms with Crippen LogP contribution in [0.1, 0.15) is 71.8 Å². The third-order valence-electron chi connectivity index (χ3n) is 8.26. The highest BCUT2D eigenvalue weighted by Crippen LogP contribution is 2.27. The minimum Gasteiger partial charge on any atom is -0.341 e. The van der Waals surface area contributed by atoms with Gasteiger partial charge in [0.1, 0.15) is 6.04 Å². The number of carbonyl (C=O) groups is 3. The normalized spacial score (nSPS) is 21.6. The van der Waals surface area contributed by atoms with E-state index in [1.807, 2.05) is 80.8 Å². The van der Waals surface area contributed by atoms with Crippen molar-refractivity contribution in [3.8, 4) is 0 Å². The molecule has 5 amide bonds. The Kier molecular flexibility index (Phi) is 11.4. The fourth-order valence-corrected chi connectivity index (χ4v) is 5.68. The van der Waals surface area contributed by atoms with Crippen molar-refractivity contribution in [2.75, 3.05) is 26.2 Å². The molecule has 2 saturated heterocycles. The number of carbonyl (C=O) groups excluding carboxylic acids is 3. The van der Waals surface area contributed by atoms with Gasteiger partial charge >= 0.3 is 12.1 Å². The Morgan fingerprint density at radius 2 is 1.80 bits per heavy atom. The molecule has 1 aromatic rings. The molecule has 3 atom stereocenters. The monoisotopic (exact) mass is 549 g/mol. The molecule has 40 heavy (non-hydrogen) atoms. The van der Waals surface area contributed by atoms with E-state index in [9.17, 15) is 14.4 Å². The average molecular weight is 550 g/mol. The van der Waals surface area contributed by atoms with Gasteiger partial charge in [0.05, 0.1) is 0 Å². The lowest BCUT2D eigenvalue weighted by atomic mass is 9.94. The zero-order chi connectivity index (χ0) is 29.2. The number of nitrogens with zero attached hydrogens (tertiary/aromatic N) is 3. The van der Waals surface area contributed by atoms with E-state index in [1.54, 1.807) is 4.90 Å². The van der Waals surface area contributed by atoms with E-state index in [0.29, 0.717) is 51.1 Å². The summed E-state index contributed by atoms with van der Waals surface area (Å²) in [4.78, 5) is 45.4. The minimum atomic E-state index is -0.531. The molecule has 2 aliphatic heterocycles. The Morgan fingerprint density at radius 3 is 2.40 bits per heavy atom. The number of likely N-dealkylation sites (N-methyl/N-ethyl adjacent to an activating group) is 1. The van der Waals surface area contributed by atoms with Crippen LogP contribution in [-0.2, 0) is 4.79 Å². The number of likely N-dealkylation sites (tertiary alicyclic amines) is 2. The summed E-state index contributed by atoms with van der Waals surface area (Å²) in [6.45, 7) is 16.1. The Labute approximate surface area is 240 Å². The molecule has 2 N–H and O–H groups in total. The summed E-state index contributed by atoms with van der Waals surface area (Å²) in [7, 11) is 0. The molecular formula is C32H47N5O3. The Morgan fingerprint density at radius 1 is 1.12 bits per heavy atom. The van der Waals surface area contributed by atoms with Gasteiger partial charge in [-0.3, -0.25) is 4.79 Å². The number of urea groups is 2. The smallest absolute Gasteiger partial charge is 0.322 e. The summed E-state index contributed by atoms with van der Waals surface area (Å²) in [6.07, 6.45) is 8.64. The van der Waals surface area contributed by atoms with Gasteiger partial charge in [-0.05, 0) is 71.4 Å². The van der Waals surface area contributed by atoms with Gasteiger partial charge in [-0.2, -0.15) is 0 Å². The molecule has 0 bridgehead atoms. The first-order valence-corrected chi connectivity index (χ1v) is 14.6. The van der Waals surface area contributed by atoms with Crippen molar-refractivity contribution >= 4 is 18.0 Å². The molecule has 0 saturated carbocycles. The van der Waals surface area contributed by atoms with Crippen molar-refractivity contribution in [2.45, 2.75) is 84.3 Å². The third kappa shape index (κ3) is 7.77. The maximum atomic E-state index is 13.3. The molecule has 0 radical (unpaired) electrons. The molecule has 0 aliphatic carbocycles. The maximum Gasteiger partial charge on any atom is 0.322 e. The number of rotatable bonds is 8. The lowest BCUT2D eigenvalue weighted by Gasteiger charge is -2.41. The van der Waals surface area contributed by atoms with Gasteiger partial charge in [0.25, 0.3) is 0 Å². The van der Waals surface area contributed by atoms with Crippen LogP contribution in [0.15, 0.2) is 66.4 Å². The largest absolute Gasteiger partial charge is 0.341 e. The van der Waals surface area contributed by atoms with Crippen LogP contribution < -0.4 is 10.6 Å². The van der Waals surface area contributed by atoms with Gasteiger partial charge in [-0.1, -0.05) is 55.1 Å². The Bertz CT molecular complexity index is 1090. The fourth-order valence-electron chi connectivity index (χ4n) is 5.68. The predicted octanol–water partition coefficient (Wildman–Crippen LogP) is 5.41. The quantitative estimate of drug-likeness (QED) is 0.336. The van der Waals surface area contributed by atoms with Gasteiger partial charge in [-0.25, -0.2) is 9.59 Å². The summed E-state index contributed by atoms with van der Waals surface area (Å²) < 4.78 is 0. The zero-order valence-electron chi connectivity index (χ0n) is 24.9. The average Bonchev–Trinajstić information content (AvgIpc) is 3.12. The molecule has 1 unspecified atom stereocenters. The maximum absolute atomic E-state index is 13.3. The van der Waals surface area contributed by atoms with Crippen LogP contribution in [0.5, 0.6) is 0 Å².